The molecular weight excluding hydrogens is 237 g/mol. The second-order valence-electron chi connectivity index (χ2n) is 4.01. The van der Waals surface area contributed by atoms with Crippen molar-refractivity contribution < 1.29 is 9.13 Å². The van der Waals surface area contributed by atoms with E-state index in [4.69, 9.17) is 10.00 Å². The Bertz CT molecular complexity index is 403. The molecule has 1 aromatic rings. The van der Waals surface area contributed by atoms with Crippen molar-refractivity contribution in [2.45, 2.75) is 19.8 Å². The van der Waals surface area contributed by atoms with Crippen molar-refractivity contribution in [3.8, 4) is 11.8 Å². The van der Waals surface area contributed by atoms with Crippen LogP contribution in [0.3, 0.4) is 0 Å². The summed E-state index contributed by atoms with van der Waals surface area (Å²) in [4.78, 5) is 0. The zero-order valence-electron chi connectivity index (χ0n) is 9.82. The summed E-state index contributed by atoms with van der Waals surface area (Å²) in [7, 11) is 0. The van der Waals surface area contributed by atoms with Crippen molar-refractivity contribution in [1.29, 1.82) is 5.26 Å². The first-order chi connectivity index (χ1) is 8.17. The molecule has 0 aliphatic heterocycles. The zero-order chi connectivity index (χ0) is 12.7. The number of thiol groups is 1. The van der Waals surface area contributed by atoms with E-state index in [1.807, 2.05) is 6.07 Å². The molecule has 1 aromatic carbocycles. The van der Waals surface area contributed by atoms with Crippen LogP contribution in [0.4, 0.5) is 4.39 Å². The Morgan fingerprint density at radius 1 is 1.47 bits per heavy atom. The Morgan fingerprint density at radius 2 is 2.24 bits per heavy atom. The van der Waals surface area contributed by atoms with Crippen LogP contribution >= 0.6 is 12.6 Å². The smallest absolute Gasteiger partial charge is 0.166 e. The molecule has 4 heteroatoms. The van der Waals surface area contributed by atoms with E-state index < -0.39 is 5.82 Å². The molecule has 1 unspecified atom stereocenters. The van der Waals surface area contributed by atoms with Gasteiger partial charge in [0, 0.05) is 0 Å². The van der Waals surface area contributed by atoms with Crippen LogP contribution in [0.15, 0.2) is 18.2 Å². The third-order valence-electron chi connectivity index (χ3n) is 2.55. The predicted octanol–water partition coefficient (Wildman–Crippen LogP) is 3.42. The molecule has 0 saturated carbocycles. The van der Waals surface area contributed by atoms with Crippen molar-refractivity contribution in [2.24, 2.45) is 5.92 Å². The number of nitriles is 1. The molecule has 1 atom stereocenters. The van der Waals surface area contributed by atoms with Crippen molar-refractivity contribution in [1.82, 2.24) is 0 Å². The lowest BCUT2D eigenvalue weighted by Crippen LogP contribution is -2.05. The van der Waals surface area contributed by atoms with Crippen LogP contribution in [0.1, 0.15) is 25.3 Å². The highest BCUT2D eigenvalue weighted by molar-refractivity contribution is 7.80. The minimum Gasteiger partial charge on any atom is -0.491 e. The van der Waals surface area contributed by atoms with E-state index in [1.54, 1.807) is 6.07 Å². The Hall–Kier alpha value is -1.21. The molecule has 0 saturated heterocycles. The van der Waals surface area contributed by atoms with Gasteiger partial charge < -0.3 is 4.74 Å². The first-order valence-electron chi connectivity index (χ1n) is 5.60. The molecule has 2 nitrogen and oxygen atoms in total. The lowest BCUT2D eigenvalue weighted by atomic mass is 10.1. The van der Waals surface area contributed by atoms with Crippen molar-refractivity contribution >= 4 is 12.6 Å². The van der Waals surface area contributed by atoms with Crippen LogP contribution < -0.4 is 4.74 Å². The van der Waals surface area contributed by atoms with Gasteiger partial charge in [0.05, 0.1) is 18.2 Å². The van der Waals surface area contributed by atoms with E-state index in [-0.39, 0.29) is 5.75 Å². The number of halogens is 1. The summed E-state index contributed by atoms with van der Waals surface area (Å²) in [6.07, 6.45) is 1.91. The summed E-state index contributed by atoms with van der Waals surface area (Å²) in [5.74, 6) is 1.11. The van der Waals surface area contributed by atoms with Crippen LogP contribution in [0, 0.1) is 23.1 Å². The molecule has 0 bridgehead atoms. The van der Waals surface area contributed by atoms with E-state index >= 15 is 0 Å². The fraction of sp³-hybridized carbons (Fsp3) is 0.462. The number of ether oxygens (including phenoxy) is 1. The monoisotopic (exact) mass is 253 g/mol. The largest absolute Gasteiger partial charge is 0.491 e. The van der Waals surface area contributed by atoms with Gasteiger partial charge in [-0.3, -0.25) is 0 Å². The van der Waals surface area contributed by atoms with E-state index in [1.165, 1.54) is 12.1 Å². The highest BCUT2D eigenvalue weighted by Gasteiger charge is 2.06. The average molecular weight is 253 g/mol. The van der Waals surface area contributed by atoms with Crippen molar-refractivity contribution in [2.75, 3.05) is 12.4 Å². The lowest BCUT2D eigenvalue weighted by Gasteiger charge is -2.11. The Morgan fingerprint density at radius 3 is 2.82 bits per heavy atom. The number of rotatable bonds is 6. The van der Waals surface area contributed by atoms with Crippen LogP contribution in [0.2, 0.25) is 0 Å². The Labute approximate surface area is 107 Å². The second-order valence-corrected chi connectivity index (χ2v) is 4.46. The van der Waals surface area contributed by atoms with Gasteiger partial charge in [0.1, 0.15) is 0 Å². The van der Waals surface area contributed by atoms with Crippen LogP contribution in [0.5, 0.6) is 5.75 Å². The van der Waals surface area contributed by atoms with Crippen molar-refractivity contribution in [3.63, 3.8) is 0 Å². The lowest BCUT2D eigenvalue weighted by molar-refractivity contribution is 0.270. The topological polar surface area (TPSA) is 33.0 Å². The second kappa shape index (κ2) is 7.18. The van der Waals surface area contributed by atoms with E-state index in [2.05, 4.69) is 19.6 Å². The van der Waals surface area contributed by atoms with Gasteiger partial charge in [0.15, 0.2) is 11.6 Å². The van der Waals surface area contributed by atoms with Gasteiger partial charge in [0.2, 0.25) is 0 Å². The zero-order valence-corrected chi connectivity index (χ0v) is 10.7. The van der Waals surface area contributed by atoms with E-state index in [0.717, 1.165) is 18.6 Å². The third-order valence-corrected chi connectivity index (χ3v) is 2.81. The van der Waals surface area contributed by atoms with E-state index in [0.29, 0.717) is 18.1 Å². The maximum absolute atomic E-state index is 13.4. The third kappa shape index (κ3) is 4.66. The predicted molar refractivity (Wildman–Crippen MR) is 68.9 cm³/mol. The number of hydrogen-bond donors (Lipinski definition) is 1. The molecule has 0 aromatic heterocycles. The molecule has 17 heavy (non-hydrogen) atoms. The Balaban J connectivity index is 2.45. The molecule has 0 spiro atoms. The van der Waals surface area contributed by atoms with Crippen LogP contribution in [-0.2, 0) is 0 Å². The standard InChI is InChI=1S/C13H16FNOS/c1-10(5-7-17)4-6-16-13-3-2-11(9-15)8-12(13)14/h2-3,8,10,17H,4-7H2,1H3. The molecule has 0 radical (unpaired) electrons. The molecule has 0 fully saturated rings. The summed E-state index contributed by atoms with van der Waals surface area (Å²) in [6.45, 7) is 2.60. The van der Waals surface area contributed by atoms with Crippen molar-refractivity contribution in [3.05, 3.63) is 29.6 Å². The van der Waals surface area contributed by atoms with Gasteiger partial charge in [-0.15, -0.1) is 0 Å². The quantitative estimate of drug-likeness (QED) is 0.788. The number of nitrogens with zero attached hydrogens (tertiary/aromatic N) is 1. The maximum atomic E-state index is 13.4. The minimum atomic E-state index is -0.481. The SMILES string of the molecule is CC(CCS)CCOc1ccc(C#N)cc1F. The Kier molecular flexibility index (Phi) is 5.85. The molecule has 0 aliphatic rings. The first-order valence-corrected chi connectivity index (χ1v) is 6.24. The summed E-state index contributed by atoms with van der Waals surface area (Å²) < 4.78 is 18.8. The van der Waals surface area contributed by atoms with Crippen LogP contribution in [0.25, 0.3) is 0 Å². The average Bonchev–Trinajstić information content (AvgIpc) is 2.31. The number of hydrogen-bond acceptors (Lipinski definition) is 3. The first kappa shape index (κ1) is 13.9. The molecule has 0 heterocycles. The number of benzene rings is 1. The molecule has 0 amide bonds. The fourth-order valence-corrected chi connectivity index (χ4v) is 1.86. The molecule has 1 rings (SSSR count). The molecule has 0 N–H and O–H groups in total. The summed E-state index contributed by atoms with van der Waals surface area (Å²) >= 11 is 4.16. The maximum Gasteiger partial charge on any atom is 0.166 e. The molecular formula is C13H16FNOS. The summed E-state index contributed by atoms with van der Waals surface area (Å²) in [5, 5.41) is 8.60. The normalized spacial score (nSPS) is 11.9. The van der Waals surface area contributed by atoms with Gasteiger partial charge in [-0.05, 0) is 42.7 Å². The summed E-state index contributed by atoms with van der Waals surface area (Å²) in [6, 6.07) is 6.12. The van der Waals surface area contributed by atoms with Crippen LogP contribution in [-0.4, -0.2) is 12.4 Å². The fourth-order valence-electron chi connectivity index (χ4n) is 1.42. The summed E-state index contributed by atoms with van der Waals surface area (Å²) in [5.41, 5.74) is 0.304. The van der Waals surface area contributed by atoms with Gasteiger partial charge >= 0.3 is 0 Å². The molecule has 92 valence electrons. The minimum absolute atomic E-state index is 0.210. The van der Waals surface area contributed by atoms with E-state index in [9.17, 15) is 4.39 Å². The highest BCUT2D eigenvalue weighted by atomic mass is 32.1. The van der Waals surface area contributed by atoms with Gasteiger partial charge in [0.25, 0.3) is 0 Å². The van der Waals surface area contributed by atoms with Gasteiger partial charge in [-0.2, -0.15) is 17.9 Å². The van der Waals surface area contributed by atoms with Gasteiger partial charge in [-0.25, -0.2) is 4.39 Å². The molecule has 0 aliphatic carbocycles. The van der Waals surface area contributed by atoms with Gasteiger partial charge in [-0.1, -0.05) is 6.92 Å². The highest BCUT2D eigenvalue weighted by Crippen LogP contribution is 2.19.